The third-order valence-electron chi connectivity index (χ3n) is 9.71. The summed E-state index contributed by atoms with van der Waals surface area (Å²) in [5.41, 5.74) is 0. The number of unbranched alkanes of at least 4 members (excludes halogenated alkanes) is 17. The van der Waals surface area contributed by atoms with Gasteiger partial charge in [-0.1, -0.05) is 140 Å². The third kappa shape index (κ3) is 36.7. The first-order valence-corrected chi connectivity index (χ1v) is 22.2. The van der Waals surface area contributed by atoms with E-state index in [2.05, 4.69) is 62.5 Å². The number of hydrogen-bond acceptors (Lipinski definition) is 6. The number of likely N-dealkylation sites (N-methyl/N-ethyl adjacent to an activating group) is 1. The van der Waals surface area contributed by atoms with E-state index in [0.717, 1.165) is 70.6 Å². The summed E-state index contributed by atoms with van der Waals surface area (Å²) in [6.45, 7) is 4.59. The molecule has 0 aliphatic carbocycles. The molecule has 0 fully saturated rings. The Balaban J connectivity index is 4.37. The van der Waals surface area contributed by atoms with Crippen molar-refractivity contribution >= 4 is 17.9 Å². The van der Waals surface area contributed by atoms with Crippen LogP contribution in [0.2, 0.25) is 0 Å². The van der Waals surface area contributed by atoms with Gasteiger partial charge in [-0.3, -0.25) is 9.59 Å². The lowest BCUT2D eigenvalue weighted by molar-refractivity contribution is -0.887. The van der Waals surface area contributed by atoms with E-state index in [-0.39, 0.29) is 36.2 Å². The number of carbonyl (C=O) groups is 3. The number of esters is 2. The van der Waals surface area contributed by atoms with Crippen molar-refractivity contribution in [2.24, 2.45) is 0 Å². The Morgan fingerprint density at radius 2 is 1.02 bits per heavy atom. The minimum absolute atomic E-state index is 0.0546. The minimum Gasteiger partial charge on any atom is -0.477 e. The van der Waals surface area contributed by atoms with Gasteiger partial charge in [0.2, 0.25) is 0 Å². The maximum Gasteiger partial charge on any atom is 0.362 e. The van der Waals surface area contributed by atoms with E-state index in [1.165, 1.54) is 77.0 Å². The molecule has 318 valence electrons. The highest BCUT2D eigenvalue weighted by Crippen LogP contribution is 2.14. The Kier molecular flexibility index (Phi) is 36.3. The van der Waals surface area contributed by atoms with Crippen molar-refractivity contribution in [3.8, 4) is 0 Å². The predicted octanol–water partition coefficient (Wildman–Crippen LogP) is 12.0. The smallest absolute Gasteiger partial charge is 0.362 e. The lowest BCUT2D eigenvalue weighted by Crippen LogP contribution is -2.50. The molecule has 0 rings (SSSR count). The molecule has 2 unspecified atom stereocenters. The van der Waals surface area contributed by atoms with Crippen molar-refractivity contribution in [1.82, 2.24) is 0 Å². The lowest BCUT2D eigenvalue weighted by Gasteiger charge is -2.31. The molecule has 0 amide bonds. The summed E-state index contributed by atoms with van der Waals surface area (Å²) in [6.07, 6.45) is 44.3. The van der Waals surface area contributed by atoms with Gasteiger partial charge in [0, 0.05) is 19.3 Å². The van der Waals surface area contributed by atoms with E-state index in [0.29, 0.717) is 19.3 Å². The molecular formula is C47H84NO7+. The van der Waals surface area contributed by atoms with E-state index in [1.807, 2.05) is 21.1 Å². The van der Waals surface area contributed by atoms with Gasteiger partial charge in [0.1, 0.15) is 6.61 Å². The number of nitrogens with zero attached hydrogens (tertiary/aromatic N) is 1. The zero-order chi connectivity index (χ0) is 40.7. The summed E-state index contributed by atoms with van der Waals surface area (Å²) in [6, 6.07) is -0.617. The first kappa shape index (κ1) is 52.3. The minimum atomic E-state index is -0.879. The molecule has 2 atom stereocenters. The SMILES string of the molecule is CC/C=C/C/C=C/C/C=C/CCCCCCCCC(=O)OCC(COCCC(C(=O)O)[N+](C)(C)C)OC(=O)CCCCCCCCC/C=C/CCCCCC. The summed E-state index contributed by atoms with van der Waals surface area (Å²) < 4.78 is 17.3. The fourth-order valence-electron chi connectivity index (χ4n) is 6.28. The van der Waals surface area contributed by atoms with E-state index >= 15 is 0 Å². The number of allylic oxidation sites excluding steroid dienone is 8. The van der Waals surface area contributed by atoms with Crippen molar-refractivity contribution in [2.45, 2.75) is 193 Å². The molecule has 0 aliphatic rings. The number of ether oxygens (including phenoxy) is 3. The Hall–Kier alpha value is -2.71. The van der Waals surface area contributed by atoms with Gasteiger partial charge in [-0.2, -0.15) is 0 Å². The monoisotopic (exact) mass is 775 g/mol. The van der Waals surface area contributed by atoms with Crippen LogP contribution in [-0.4, -0.2) is 80.6 Å². The number of quaternary nitrogens is 1. The van der Waals surface area contributed by atoms with Crippen molar-refractivity contribution in [3.63, 3.8) is 0 Å². The summed E-state index contributed by atoms with van der Waals surface area (Å²) in [5, 5.41) is 9.62. The second-order valence-corrected chi connectivity index (χ2v) is 15.9. The van der Waals surface area contributed by atoms with Gasteiger partial charge in [0.05, 0.1) is 34.4 Å². The fourth-order valence-corrected chi connectivity index (χ4v) is 6.28. The van der Waals surface area contributed by atoms with Crippen LogP contribution in [-0.2, 0) is 28.6 Å². The van der Waals surface area contributed by atoms with Gasteiger partial charge in [-0.25, -0.2) is 4.79 Å². The van der Waals surface area contributed by atoms with Crippen LogP contribution < -0.4 is 0 Å². The number of hydrogen-bond donors (Lipinski definition) is 1. The van der Waals surface area contributed by atoms with Gasteiger partial charge < -0.3 is 23.8 Å². The predicted molar refractivity (Wildman–Crippen MR) is 229 cm³/mol. The summed E-state index contributed by atoms with van der Waals surface area (Å²) in [7, 11) is 5.52. The number of carboxylic acids is 1. The summed E-state index contributed by atoms with van der Waals surface area (Å²) in [5.74, 6) is -1.49. The molecule has 0 aromatic rings. The van der Waals surface area contributed by atoms with Crippen LogP contribution in [0.5, 0.6) is 0 Å². The maximum atomic E-state index is 12.7. The molecule has 0 spiro atoms. The number of carbonyl (C=O) groups excluding carboxylic acids is 2. The number of aliphatic carboxylic acids is 1. The van der Waals surface area contributed by atoms with Crippen LogP contribution in [0.3, 0.4) is 0 Å². The topological polar surface area (TPSA) is 99.1 Å². The molecule has 1 N–H and O–H groups in total. The largest absolute Gasteiger partial charge is 0.477 e. The highest BCUT2D eigenvalue weighted by atomic mass is 16.6. The zero-order valence-corrected chi connectivity index (χ0v) is 36.1. The third-order valence-corrected chi connectivity index (χ3v) is 9.71. The second-order valence-electron chi connectivity index (χ2n) is 15.9. The lowest BCUT2D eigenvalue weighted by atomic mass is 10.1. The average Bonchev–Trinajstić information content (AvgIpc) is 3.14. The van der Waals surface area contributed by atoms with E-state index < -0.39 is 18.1 Å². The van der Waals surface area contributed by atoms with Crippen molar-refractivity contribution in [1.29, 1.82) is 0 Å². The Morgan fingerprint density at radius 3 is 1.53 bits per heavy atom. The maximum absolute atomic E-state index is 12.7. The van der Waals surface area contributed by atoms with Gasteiger partial charge >= 0.3 is 17.9 Å². The first-order chi connectivity index (χ1) is 26.6. The van der Waals surface area contributed by atoms with Crippen molar-refractivity contribution < 1.29 is 38.2 Å². The first-order valence-electron chi connectivity index (χ1n) is 22.2. The van der Waals surface area contributed by atoms with Crippen molar-refractivity contribution in [2.75, 3.05) is 41.0 Å². The number of carboxylic acid groups (broad SMARTS) is 1. The zero-order valence-electron chi connectivity index (χ0n) is 36.1. The molecular weight excluding hydrogens is 691 g/mol. The Bertz CT molecular complexity index is 1040. The normalized spacial score (nSPS) is 13.4. The molecule has 0 bridgehead atoms. The Morgan fingerprint density at radius 1 is 0.564 bits per heavy atom. The number of rotatable bonds is 39. The van der Waals surface area contributed by atoms with Gasteiger partial charge in [0.25, 0.3) is 0 Å². The molecule has 0 aromatic heterocycles. The molecule has 0 radical (unpaired) electrons. The second kappa shape index (κ2) is 38.2. The highest BCUT2D eigenvalue weighted by molar-refractivity contribution is 5.72. The Labute approximate surface area is 337 Å². The van der Waals surface area contributed by atoms with Gasteiger partial charge in [-0.05, 0) is 70.6 Å². The van der Waals surface area contributed by atoms with Crippen LogP contribution in [0.15, 0.2) is 48.6 Å². The van der Waals surface area contributed by atoms with Crippen LogP contribution >= 0.6 is 0 Å². The van der Waals surface area contributed by atoms with Crippen LogP contribution in [0.25, 0.3) is 0 Å². The standard InChI is InChI=1S/C47H83NO7/c1-6-8-10-12-14-16-18-20-22-24-25-27-29-31-33-35-37-45(49)54-42-43(41-53-40-39-44(47(51)52)48(3,4)5)55-46(50)38-36-34-32-30-28-26-23-21-19-17-15-13-11-9-7-2/h8,10,14,16-17,19-20,22,43-44H,6-7,9,11-13,15,18,21,23-42H2,1-5H3/p+1/b10-8+,16-14+,19-17+,22-20+. The fraction of sp³-hybridized carbons (Fsp3) is 0.766. The molecule has 0 heterocycles. The average molecular weight is 775 g/mol. The molecule has 0 saturated carbocycles. The quantitative estimate of drug-likeness (QED) is 0.0287. The molecule has 8 nitrogen and oxygen atoms in total. The van der Waals surface area contributed by atoms with Crippen LogP contribution in [0.4, 0.5) is 0 Å². The molecule has 0 saturated heterocycles. The van der Waals surface area contributed by atoms with E-state index in [9.17, 15) is 19.5 Å². The summed E-state index contributed by atoms with van der Waals surface area (Å²) >= 11 is 0. The molecule has 0 aromatic carbocycles. The van der Waals surface area contributed by atoms with E-state index in [1.54, 1.807) is 0 Å². The van der Waals surface area contributed by atoms with Gasteiger partial charge in [0.15, 0.2) is 12.1 Å². The molecule has 8 heteroatoms. The van der Waals surface area contributed by atoms with Crippen LogP contribution in [0.1, 0.15) is 181 Å². The molecule has 55 heavy (non-hydrogen) atoms. The van der Waals surface area contributed by atoms with E-state index in [4.69, 9.17) is 14.2 Å². The van der Waals surface area contributed by atoms with Crippen LogP contribution in [0, 0.1) is 0 Å². The summed E-state index contributed by atoms with van der Waals surface area (Å²) in [4.78, 5) is 37.0. The highest BCUT2D eigenvalue weighted by Gasteiger charge is 2.31. The van der Waals surface area contributed by atoms with Crippen molar-refractivity contribution in [3.05, 3.63) is 48.6 Å². The van der Waals surface area contributed by atoms with Gasteiger partial charge in [-0.15, -0.1) is 0 Å². The molecule has 0 aliphatic heterocycles.